The average Bonchev–Trinajstić information content (AvgIpc) is 2.73. The molecule has 0 aliphatic rings. The van der Waals surface area contributed by atoms with Crippen LogP contribution in [0.15, 0.2) is 83.8 Å². The molecule has 0 saturated heterocycles. The van der Waals surface area contributed by atoms with Crippen molar-refractivity contribution in [3.8, 4) is 0 Å². The molecule has 3 rings (SSSR count). The largest absolute Gasteiger partial charge is 0.345 e. The van der Waals surface area contributed by atoms with Crippen molar-refractivity contribution in [1.29, 1.82) is 0 Å². The fraction of sp³-hybridized carbons (Fsp3) is 0.0909. The molecule has 9 heteroatoms. The van der Waals surface area contributed by atoms with Crippen molar-refractivity contribution in [1.82, 2.24) is 5.32 Å². The molecule has 0 aromatic heterocycles. The standard InChI is InChI=1S/C22H20ClN3O4S/c23-19-12-5-4-11-18(19)22(28)26-20(15-7-2-1-3-8-15)14-21(27)25-16-9-6-10-17(13-16)31(24,29)30/h1-13,20H,14H2,(H,25,27)(H,26,28)(H2,24,29,30)/t20-/m1/s1. The molecule has 0 aliphatic heterocycles. The average molecular weight is 458 g/mol. The molecule has 1 atom stereocenters. The molecule has 31 heavy (non-hydrogen) atoms. The Balaban J connectivity index is 1.79. The lowest BCUT2D eigenvalue weighted by atomic mass is 10.0. The van der Waals surface area contributed by atoms with Crippen LogP contribution in [0.2, 0.25) is 5.02 Å². The Morgan fingerprint density at radius 2 is 1.61 bits per heavy atom. The molecular weight excluding hydrogens is 438 g/mol. The van der Waals surface area contributed by atoms with Gasteiger partial charge in [-0.2, -0.15) is 0 Å². The third-order valence-corrected chi connectivity index (χ3v) is 5.70. The number of rotatable bonds is 7. The van der Waals surface area contributed by atoms with Crippen LogP contribution in [0.3, 0.4) is 0 Å². The third-order valence-electron chi connectivity index (χ3n) is 4.46. The Bertz CT molecular complexity index is 1200. The summed E-state index contributed by atoms with van der Waals surface area (Å²) in [6.07, 6.45) is -0.0835. The normalized spacial score (nSPS) is 12.1. The van der Waals surface area contributed by atoms with Crippen LogP contribution in [0.5, 0.6) is 0 Å². The first-order valence-corrected chi connectivity index (χ1v) is 11.2. The monoisotopic (exact) mass is 457 g/mol. The molecule has 0 spiro atoms. The number of anilines is 1. The zero-order valence-electron chi connectivity index (χ0n) is 16.3. The first-order chi connectivity index (χ1) is 14.7. The Labute approximate surface area is 185 Å². The lowest BCUT2D eigenvalue weighted by Crippen LogP contribution is -2.31. The van der Waals surface area contributed by atoms with E-state index in [4.69, 9.17) is 16.7 Å². The highest BCUT2D eigenvalue weighted by atomic mass is 35.5. The number of benzene rings is 3. The number of hydrogen-bond donors (Lipinski definition) is 3. The van der Waals surface area contributed by atoms with E-state index in [1.807, 2.05) is 6.07 Å². The number of carbonyl (C=O) groups is 2. The molecule has 0 unspecified atom stereocenters. The van der Waals surface area contributed by atoms with E-state index in [1.165, 1.54) is 18.2 Å². The minimum absolute atomic E-state index is 0.0835. The van der Waals surface area contributed by atoms with E-state index < -0.39 is 27.9 Å². The summed E-state index contributed by atoms with van der Waals surface area (Å²) in [5.74, 6) is -0.830. The fourth-order valence-corrected chi connectivity index (χ4v) is 3.75. The molecule has 7 nitrogen and oxygen atoms in total. The number of amides is 2. The topological polar surface area (TPSA) is 118 Å². The minimum atomic E-state index is -3.90. The molecule has 3 aromatic rings. The second-order valence-electron chi connectivity index (χ2n) is 6.74. The smallest absolute Gasteiger partial charge is 0.253 e. The van der Waals surface area contributed by atoms with Gasteiger partial charge in [-0.15, -0.1) is 0 Å². The zero-order chi connectivity index (χ0) is 22.4. The molecule has 3 aromatic carbocycles. The summed E-state index contributed by atoms with van der Waals surface area (Å²) in [4.78, 5) is 25.3. The van der Waals surface area contributed by atoms with Crippen molar-refractivity contribution in [2.24, 2.45) is 5.14 Å². The maximum atomic E-state index is 12.7. The van der Waals surface area contributed by atoms with Gasteiger partial charge in [-0.25, -0.2) is 13.6 Å². The molecule has 2 amide bonds. The summed E-state index contributed by atoms with van der Waals surface area (Å²) in [5, 5.41) is 10.9. The maximum Gasteiger partial charge on any atom is 0.253 e. The van der Waals surface area contributed by atoms with Crippen molar-refractivity contribution in [2.45, 2.75) is 17.4 Å². The van der Waals surface area contributed by atoms with Gasteiger partial charge in [0.1, 0.15) is 0 Å². The third kappa shape index (κ3) is 6.14. The second-order valence-corrected chi connectivity index (χ2v) is 8.71. The van der Waals surface area contributed by atoms with Gasteiger partial charge >= 0.3 is 0 Å². The van der Waals surface area contributed by atoms with Gasteiger partial charge in [0.25, 0.3) is 5.91 Å². The first-order valence-electron chi connectivity index (χ1n) is 9.27. The number of nitrogens with two attached hydrogens (primary N) is 1. The number of sulfonamides is 1. The summed E-state index contributed by atoms with van der Waals surface area (Å²) < 4.78 is 23.0. The number of halogens is 1. The van der Waals surface area contributed by atoms with E-state index in [9.17, 15) is 18.0 Å². The van der Waals surface area contributed by atoms with Crippen molar-refractivity contribution < 1.29 is 18.0 Å². The van der Waals surface area contributed by atoms with E-state index in [0.29, 0.717) is 10.6 Å². The molecule has 0 saturated carbocycles. The summed E-state index contributed by atoms with van der Waals surface area (Å²) in [7, 11) is -3.90. The van der Waals surface area contributed by atoms with Crippen molar-refractivity contribution in [2.75, 3.05) is 5.32 Å². The van der Waals surface area contributed by atoms with E-state index in [1.54, 1.807) is 54.6 Å². The highest BCUT2D eigenvalue weighted by Crippen LogP contribution is 2.21. The van der Waals surface area contributed by atoms with E-state index in [-0.39, 0.29) is 17.0 Å². The maximum absolute atomic E-state index is 12.7. The molecule has 4 N–H and O–H groups in total. The highest BCUT2D eigenvalue weighted by molar-refractivity contribution is 7.89. The molecule has 0 radical (unpaired) electrons. The molecule has 160 valence electrons. The van der Waals surface area contributed by atoms with Gasteiger partial charge in [0.05, 0.1) is 27.9 Å². The van der Waals surface area contributed by atoms with Gasteiger partial charge in [-0.1, -0.05) is 60.1 Å². The first kappa shape index (κ1) is 22.5. The minimum Gasteiger partial charge on any atom is -0.345 e. The Kier molecular flexibility index (Phi) is 7.06. The SMILES string of the molecule is NS(=O)(=O)c1cccc(NC(=O)C[C@@H](NC(=O)c2ccccc2Cl)c2ccccc2)c1. The molecule has 0 aliphatic carbocycles. The lowest BCUT2D eigenvalue weighted by molar-refractivity contribution is -0.116. The van der Waals surface area contributed by atoms with Crippen molar-refractivity contribution in [3.05, 3.63) is 95.0 Å². The van der Waals surface area contributed by atoms with Crippen LogP contribution < -0.4 is 15.8 Å². The second kappa shape index (κ2) is 9.74. The highest BCUT2D eigenvalue weighted by Gasteiger charge is 2.21. The summed E-state index contributed by atoms with van der Waals surface area (Å²) in [6.45, 7) is 0. The van der Waals surface area contributed by atoms with E-state index in [2.05, 4.69) is 10.6 Å². The summed E-state index contributed by atoms with van der Waals surface area (Å²) in [6, 6.07) is 20.7. The van der Waals surface area contributed by atoms with Gasteiger partial charge in [0.2, 0.25) is 15.9 Å². The van der Waals surface area contributed by atoms with Crippen LogP contribution in [-0.2, 0) is 14.8 Å². The predicted molar refractivity (Wildman–Crippen MR) is 119 cm³/mol. The van der Waals surface area contributed by atoms with Crippen LogP contribution >= 0.6 is 11.6 Å². The lowest BCUT2D eigenvalue weighted by Gasteiger charge is -2.19. The molecule has 0 heterocycles. The van der Waals surface area contributed by atoms with Gasteiger partial charge in [0.15, 0.2) is 0 Å². The fourth-order valence-electron chi connectivity index (χ4n) is 2.97. The Morgan fingerprint density at radius 1 is 0.935 bits per heavy atom. The van der Waals surface area contributed by atoms with Crippen LogP contribution in [-0.4, -0.2) is 20.2 Å². The van der Waals surface area contributed by atoms with Gasteiger partial charge in [-0.3, -0.25) is 9.59 Å². The number of hydrogen-bond acceptors (Lipinski definition) is 4. The van der Waals surface area contributed by atoms with E-state index >= 15 is 0 Å². The zero-order valence-corrected chi connectivity index (χ0v) is 17.9. The summed E-state index contributed by atoms with van der Waals surface area (Å²) in [5.41, 5.74) is 1.31. The Hall–Kier alpha value is -3.20. The number of primary sulfonamides is 1. The quantitative estimate of drug-likeness (QED) is 0.503. The molecular formula is C22H20ClN3O4S. The van der Waals surface area contributed by atoms with Crippen LogP contribution in [0.4, 0.5) is 5.69 Å². The van der Waals surface area contributed by atoms with Crippen LogP contribution in [0, 0.1) is 0 Å². The van der Waals surface area contributed by atoms with Gasteiger partial charge in [-0.05, 0) is 35.9 Å². The van der Waals surface area contributed by atoms with E-state index in [0.717, 1.165) is 5.56 Å². The number of carbonyl (C=O) groups excluding carboxylic acids is 2. The molecule has 0 bridgehead atoms. The van der Waals surface area contributed by atoms with Gasteiger partial charge < -0.3 is 10.6 Å². The predicted octanol–water partition coefficient (Wildman–Crippen LogP) is 3.49. The van der Waals surface area contributed by atoms with Crippen LogP contribution in [0.25, 0.3) is 0 Å². The number of nitrogens with one attached hydrogen (secondary N) is 2. The summed E-state index contributed by atoms with van der Waals surface area (Å²) >= 11 is 6.11. The Morgan fingerprint density at radius 3 is 2.29 bits per heavy atom. The van der Waals surface area contributed by atoms with Crippen molar-refractivity contribution in [3.63, 3.8) is 0 Å². The molecule has 0 fully saturated rings. The van der Waals surface area contributed by atoms with Crippen molar-refractivity contribution >= 4 is 39.1 Å². The van der Waals surface area contributed by atoms with Gasteiger partial charge in [0, 0.05) is 5.69 Å². The van der Waals surface area contributed by atoms with Crippen LogP contribution in [0.1, 0.15) is 28.4 Å².